The smallest absolute Gasteiger partial charge is 0.341 e. The highest BCUT2D eigenvalue weighted by Gasteiger charge is 2.27. The summed E-state index contributed by atoms with van der Waals surface area (Å²) in [5, 5.41) is 3.22. The van der Waals surface area contributed by atoms with E-state index in [1.165, 1.54) is 35.6 Å². The van der Waals surface area contributed by atoms with E-state index in [4.69, 9.17) is 4.74 Å². The Morgan fingerprint density at radius 1 is 1.38 bits per heavy atom. The van der Waals surface area contributed by atoms with E-state index in [0.29, 0.717) is 10.6 Å². The molecule has 0 bridgehead atoms. The molecule has 1 N–H and O–H groups in total. The first-order chi connectivity index (χ1) is 11.6. The van der Waals surface area contributed by atoms with Gasteiger partial charge >= 0.3 is 5.97 Å². The molecule has 1 aromatic carbocycles. The molecule has 0 saturated carbocycles. The van der Waals surface area contributed by atoms with Gasteiger partial charge in [0.2, 0.25) is 0 Å². The summed E-state index contributed by atoms with van der Waals surface area (Å²) >= 11 is 3.06. The number of hydrogen-bond acceptors (Lipinski definition) is 5. The van der Waals surface area contributed by atoms with Crippen LogP contribution in [0.3, 0.4) is 0 Å². The minimum Gasteiger partial charge on any atom is -0.462 e. The average molecular weight is 365 g/mol. The van der Waals surface area contributed by atoms with Gasteiger partial charge in [0.15, 0.2) is 0 Å². The van der Waals surface area contributed by atoms with Crippen LogP contribution in [0.25, 0.3) is 0 Å². The van der Waals surface area contributed by atoms with Gasteiger partial charge in [-0.05, 0) is 49.3 Å². The molecule has 24 heavy (non-hydrogen) atoms. The van der Waals surface area contributed by atoms with Crippen molar-refractivity contribution in [1.82, 2.24) is 0 Å². The lowest BCUT2D eigenvalue weighted by atomic mass is 10.1. The number of halogens is 1. The van der Waals surface area contributed by atoms with Crippen LogP contribution in [0.4, 0.5) is 9.39 Å². The maximum Gasteiger partial charge on any atom is 0.341 e. The van der Waals surface area contributed by atoms with Crippen LogP contribution in [0, 0.1) is 5.82 Å². The van der Waals surface area contributed by atoms with Crippen LogP contribution in [-0.4, -0.2) is 24.2 Å². The van der Waals surface area contributed by atoms with Gasteiger partial charge in [0, 0.05) is 5.56 Å². The number of anilines is 1. The molecule has 0 radical (unpaired) electrons. The topological polar surface area (TPSA) is 55.4 Å². The number of nitrogens with one attached hydrogen (secondary N) is 1. The minimum atomic E-state index is -0.478. The average Bonchev–Trinajstić information content (AvgIpc) is 2.93. The van der Waals surface area contributed by atoms with Gasteiger partial charge in [-0.2, -0.15) is 0 Å². The largest absolute Gasteiger partial charge is 0.462 e. The van der Waals surface area contributed by atoms with E-state index in [9.17, 15) is 14.0 Å². The maximum absolute atomic E-state index is 13.3. The second-order valence-electron chi connectivity index (χ2n) is 5.21. The van der Waals surface area contributed by atoms with Gasteiger partial charge in [-0.15, -0.1) is 23.1 Å². The maximum atomic E-state index is 13.3. The number of ether oxygens (including phenoxy) is 1. The monoisotopic (exact) mass is 365 g/mol. The van der Waals surface area contributed by atoms with Crippen LogP contribution in [0.5, 0.6) is 0 Å². The van der Waals surface area contributed by atoms with E-state index in [0.717, 1.165) is 28.4 Å². The molecule has 0 aliphatic carbocycles. The minimum absolute atomic E-state index is 0.212. The number of esters is 1. The van der Waals surface area contributed by atoms with Crippen molar-refractivity contribution >= 4 is 40.0 Å². The standard InChI is InChI=1S/C17H16FNO3S2/c1-2-22-16(21)13-12-7-4-8-23-17(12)24-15(13)19-14(20)10-5-3-6-11(18)9-10/h3,5-6,9H,2,4,7-8H2,1H3,(H,19,20). The molecule has 0 spiro atoms. The Bertz CT molecular complexity index is 788. The highest BCUT2D eigenvalue weighted by atomic mass is 32.2. The summed E-state index contributed by atoms with van der Waals surface area (Å²) in [6, 6.07) is 5.46. The summed E-state index contributed by atoms with van der Waals surface area (Å²) in [7, 11) is 0. The van der Waals surface area contributed by atoms with Gasteiger partial charge in [0.1, 0.15) is 10.8 Å². The van der Waals surface area contributed by atoms with E-state index in [2.05, 4.69) is 5.32 Å². The quantitative estimate of drug-likeness (QED) is 0.818. The Balaban J connectivity index is 1.93. The summed E-state index contributed by atoms with van der Waals surface area (Å²) in [6.45, 7) is 2.02. The van der Waals surface area contributed by atoms with Crippen LogP contribution < -0.4 is 5.32 Å². The van der Waals surface area contributed by atoms with E-state index < -0.39 is 17.7 Å². The number of carbonyl (C=O) groups is 2. The number of fused-ring (bicyclic) bond motifs is 1. The third-order valence-corrected chi connectivity index (χ3v) is 6.11. The molecule has 2 aromatic rings. The Morgan fingerprint density at radius 3 is 2.96 bits per heavy atom. The second kappa shape index (κ2) is 7.36. The molecule has 4 nitrogen and oxygen atoms in total. The van der Waals surface area contributed by atoms with Gasteiger partial charge in [-0.1, -0.05) is 6.07 Å². The van der Waals surface area contributed by atoms with E-state index in [-0.39, 0.29) is 12.2 Å². The van der Waals surface area contributed by atoms with Crippen LogP contribution in [0.1, 0.15) is 39.6 Å². The summed E-state index contributed by atoms with van der Waals surface area (Å²) in [6.07, 6.45) is 1.78. The normalized spacial score (nSPS) is 13.2. The molecule has 7 heteroatoms. The molecule has 3 rings (SSSR count). The molecule has 126 valence electrons. The number of thiophene rings is 1. The highest BCUT2D eigenvalue weighted by Crippen LogP contribution is 2.44. The highest BCUT2D eigenvalue weighted by molar-refractivity contribution is 8.01. The fourth-order valence-corrected chi connectivity index (χ4v) is 5.07. The van der Waals surface area contributed by atoms with Crippen LogP contribution >= 0.6 is 23.1 Å². The fourth-order valence-electron chi connectivity index (χ4n) is 2.51. The summed E-state index contributed by atoms with van der Waals surface area (Å²) < 4.78 is 19.5. The van der Waals surface area contributed by atoms with Crippen LogP contribution in [-0.2, 0) is 11.2 Å². The number of hydrogen-bond donors (Lipinski definition) is 1. The summed E-state index contributed by atoms with van der Waals surface area (Å²) in [5.74, 6) is -0.349. The lowest BCUT2D eigenvalue weighted by Crippen LogP contribution is -2.15. The predicted octanol–water partition coefficient (Wildman–Crippen LogP) is 4.35. The van der Waals surface area contributed by atoms with Crippen molar-refractivity contribution in [2.75, 3.05) is 17.7 Å². The first kappa shape index (κ1) is 17.0. The summed E-state index contributed by atoms with van der Waals surface area (Å²) in [5.41, 5.74) is 1.60. The van der Waals surface area contributed by atoms with Crippen LogP contribution in [0.15, 0.2) is 28.5 Å². The van der Waals surface area contributed by atoms with Gasteiger partial charge in [-0.3, -0.25) is 4.79 Å². The van der Waals surface area contributed by atoms with E-state index in [1.54, 1.807) is 18.7 Å². The molecule has 1 aliphatic rings. The van der Waals surface area contributed by atoms with Gasteiger partial charge in [0.25, 0.3) is 5.91 Å². The van der Waals surface area contributed by atoms with Crippen molar-refractivity contribution in [1.29, 1.82) is 0 Å². The molecule has 2 heterocycles. The zero-order chi connectivity index (χ0) is 17.1. The molecule has 1 aromatic heterocycles. The van der Waals surface area contributed by atoms with Crippen LogP contribution in [0.2, 0.25) is 0 Å². The predicted molar refractivity (Wildman–Crippen MR) is 93.7 cm³/mol. The third-order valence-electron chi connectivity index (χ3n) is 3.57. The Hall–Kier alpha value is -1.86. The Labute approximate surface area is 147 Å². The van der Waals surface area contributed by atoms with Crippen molar-refractivity contribution in [3.8, 4) is 0 Å². The first-order valence-corrected chi connectivity index (χ1v) is 9.43. The molecule has 0 fully saturated rings. The number of amides is 1. The van der Waals surface area contributed by atoms with E-state index >= 15 is 0 Å². The lowest BCUT2D eigenvalue weighted by molar-refractivity contribution is 0.0526. The zero-order valence-electron chi connectivity index (χ0n) is 13.1. The van der Waals surface area contributed by atoms with Crippen molar-refractivity contribution in [2.24, 2.45) is 0 Å². The lowest BCUT2D eigenvalue weighted by Gasteiger charge is -2.12. The first-order valence-electron chi connectivity index (χ1n) is 7.62. The van der Waals surface area contributed by atoms with Crippen molar-refractivity contribution < 1.29 is 18.7 Å². The SMILES string of the molecule is CCOC(=O)c1c(NC(=O)c2cccc(F)c2)sc2c1CCCS2. The van der Waals surface area contributed by atoms with Crippen molar-refractivity contribution in [3.05, 3.63) is 46.8 Å². The molecule has 0 atom stereocenters. The molecule has 0 unspecified atom stereocenters. The number of rotatable bonds is 4. The van der Waals surface area contributed by atoms with Gasteiger partial charge < -0.3 is 10.1 Å². The molecular weight excluding hydrogens is 349 g/mol. The fraction of sp³-hybridized carbons (Fsp3) is 0.294. The Kier molecular flexibility index (Phi) is 5.20. The molecule has 0 saturated heterocycles. The number of thioether (sulfide) groups is 1. The zero-order valence-corrected chi connectivity index (χ0v) is 14.7. The Morgan fingerprint density at radius 2 is 2.21 bits per heavy atom. The second-order valence-corrected chi connectivity index (χ2v) is 7.59. The molecular formula is C17H16FNO3S2. The molecule has 1 aliphatic heterocycles. The van der Waals surface area contributed by atoms with Crippen molar-refractivity contribution in [2.45, 2.75) is 24.0 Å². The molecule has 1 amide bonds. The number of benzene rings is 1. The number of carbonyl (C=O) groups excluding carboxylic acids is 2. The van der Waals surface area contributed by atoms with Crippen molar-refractivity contribution in [3.63, 3.8) is 0 Å². The van der Waals surface area contributed by atoms with E-state index in [1.807, 2.05) is 0 Å². The summed E-state index contributed by atoms with van der Waals surface area (Å²) in [4.78, 5) is 24.7. The third kappa shape index (κ3) is 3.47. The van der Waals surface area contributed by atoms with Gasteiger partial charge in [-0.25, -0.2) is 9.18 Å². The van der Waals surface area contributed by atoms with Gasteiger partial charge in [0.05, 0.1) is 16.4 Å².